The van der Waals surface area contributed by atoms with Crippen LogP contribution in [0.15, 0.2) is 57.8 Å². The highest BCUT2D eigenvalue weighted by Gasteiger charge is 1.97. The maximum Gasteiger partial charge on any atom is 0.123 e. The minimum atomic E-state index is -0.249. The summed E-state index contributed by atoms with van der Waals surface area (Å²) in [5.41, 5.74) is 0.853. The Kier molecular flexibility index (Phi) is 4.18. The molecule has 0 aliphatic heterocycles. The zero-order valence-corrected chi connectivity index (χ0v) is 10.4. The summed E-state index contributed by atoms with van der Waals surface area (Å²) in [5, 5.41) is 0.675. The molecule has 0 radical (unpaired) electrons. The van der Waals surface area contributed by atoms with E-state index < -0.39 is 0 Å². The molecule has 0 heterocycles. The lowest BCUT2D eigenvalue weighted by molar-refractivity contribution is 0.628. The molecule has 0 aromatic heterocycles. The zero-order valence-electron chi connectivity index (χ0n) is 8.81. The second-order valence-corrected chi connectivity index (χ2v) is 4.55. The molecule has 0 N–H and O–H groups in total. The van der Waals surface area contributed by atoms with Gasteiger partial charge in [0.25, 0.3) is 0 Å². The Morgan fingerprint density at radius 1 is 1.06 bits per heavy atom. The largest absolute Gasteiger partial charge is 0.219 e. The molecule has 0 aliphatic rings. The lowest BCUT2D eigenvalue weighted by Crippen LogP contribution is -1.80. The minimum Gasteiger partial charge on any atom is -0.219 e. The van der Waals surface area contributed by atoms with Crippen molar-refractivity contribution in [2.24, 2.45) is 4.40 Å². The molecule has 0 saturated heterocycles. The number of hydrogen-bond donors (Lipinski definition) is 0. The van der Waals surface area contributed by atoms with Crippen molar-refractivity contribution < 1.29 is 4.39 Å². The molecule has 2 aromatic rings. The summed E-state index contributed by atoms with van der Waals surface area (Å²) in [7, 11) is 0. The molecule has 86 valence electrons. The van der Waals surface area contributed by atoms with Crippen LogP contribution in [0.25, 0.3) is 0 Å². The van der Waals surface area contributed by atoms with E-state index in [1.807, 2.05) is 24.3 Å². The first-order valence-electron chi connectivity index (χ1n) is 4.96. The molecule has 0 atom stereocenters. The van der Waals surface area contributed by atoms with Gasteiger partial charge < -0.3 is 0 Å². The molecule has 0 unspecified atom stereocenters. The molecule has 4 heteroatoms. The third-order valence-corrected chi connectivity index (χ3v) is 3.26. The molecule has 0 saturated carbocycles. The fourth-order valence-corrected chi connectivity index (χ4v) is 2.03. The summed E-state index contributed by atoms with van der Waals surface area (Å²) in [6.45, 7) is 0. The standard InChI is InChI=1S/C13H9ClFNS/c14-12-3-1-2-4-13(12)17-16-9-10-5-7-11(15)8-6-10/h1-9H/b16-9+. The van der Waals surface area contributed by atoms with Gasteiger partial charge in [0.15, 0.2) is 0 Å². The summed E-state index contributed by atoms with van der Waals surface area (Å²) in [5.74, 6) is -0.249. The fourth-order valence-electron chi connectivity index (χ4n) is 1.21. The van der Waals surface area contributed by atoms with Crippen molar-refractivity contribution in [2.75, 3.05) is 0 Å². The molecular formula is C13H9ClFNS. The summed E-state index contributed by atoms with van der Waals surface area (Å²) in [6, 6.07) is 13.6. The van der Waals surface area contributed by atoms with Crippen molar-refractivity contribution in [1.29, 1.82) is 0 Å². The molecule has 2 aromatic carbocycles. The van der Waals surface area contributed by atoms with E-state index >= 15 is 0 Å². The highest BCUT2D eigenvalue weighted by Crippen LogP contribution is 2.27. The predicted molar refractivity (Wildman–Crippen MR) is 71.3 cm³/mol. The maximum atomic E-state index is 12.7. The summed E-state index contributed by atoms with van der Waals surface area (Å²) in [6.07, 6.45) is 1.67. The first kappa shape index (κ1) is 12.1. The lowest BCUT2D eigenvalue weighted by atomic mass is 10.2. The average Bonchev–Trinajstić information content (AvgIpc) is 2.34. The average molecular weight is 266 g/mol. The zero-order chi connectivity index (χ0) is 12.1. The van der Waals surface area contributed by atoms with Crippen LogP contribution < -0.4 is 0 Å². The molecule has 2 rings (SSSR count). The smallest absolute Gasteiger partial charge is 0.123 e. The van der Waals surface area contributed by atoms with E-state index in [2.05, 4.69) is 4.40 Å². The highest BCUT2D eigenvalue weighted by atomic mass is 35.5. The van der Waals surface area contributed by atoms with Gasteiger partial charge in [0.2, 0.25) is 0 Å². The molecule has 0 amide bonds. The van der Waals surface area contributed by atoms with Gasteiger partial charge in [-0.2, -0.15) is 0 Å². The quantitative estimate of drug-likeness (QED) is 0.583. The second-order valence-electron chi connectivity index (χ2n) is 3.31. The maximum absolute atomic E-state index is 12.7. The summed E-state index contributed by atoms with van der Waals surface area (Å²) in [4.78, 5) is 0.896. The monoisotopic (exact) mass is 265 g/mol. The topological polar surface area (TPSA) is 12.4 Å². The Balaban J connectivity index is 2.03. The van der Waals surface area contributed by atoms with E-state index in [9.17, 15) is 4.39 Å². The van der Waals surface area contributed by atoms with Crippen LogP contribution >= 0.6 is 23.5 Å². The Morgan fingerprint density at radius 3 is 2.47 bits per heavy atom. The van der Waals surface area contributed by atoms with Crippen LogP contribution in [-0.2, 0) is 0 Å². The van der Waals surface area contributed by atoms with E-state index in [-0.39, 0.29) is 5.82 Å². The van der Waals surface area contributed by atoms with E-state index in [1.165, 1.54) is 24.1 Å². The van der Waals surface area contributed by atoms with Crippen molar-refractivity contribution in [1.82, 2.24) is 0 Å². The van der Waals surface area contributed by atoms with Gasteiger partial charge in [0.05, 0.1) is 5.02 Å². The van der Waals surface area contributed by atoms with Gasteiger partial charge in [0.1, 0.15) is 5.82 Å². The van der Waals surface area contributed by atoms with Gasteiger partial charge in [-0.3, -0.25) is 0 Å². The highest BCUT2D eigenvalue weighted by molar-refractivity contribution is 7.98. The SMILES string of the molecule is Fc1ccc(/C=N/Sc2ccccc2Cl)cc1. The fraction of sp³-hybridized carbons (Fsp3) is 0. The van der Waals surface area contributed by atoms with Crippen LogP contribution in [0.4, 0.5) is 4.39 Å². The van der Waals surface area contributed by atoms with Crippen molar-refractivity contribution in [3.05, 3.63) is 64.9 Å². The third-order valence-electron chi connectivity index (χ3n) is 2.06. The van der Waals surface area contributed by atoms with Gasteiger partial charge in [-0.15, -0.1) is 0 Å². The van der Waals surface area contributed by atoms with Crippen molar-refractivity contribution in [2.45, 2.75) is 4.90 Å². The molecular weight excluding hydrogens is 257 g/mol. The normalized spacial score (nSPS) is 10.9. The van der Waals surface area contributed by atoms with Crippen molar-refractivity contribution >= 4 is 29.8 Å². The Labute approximate surface area is 108 Å². The van der Waals surface area contributed by atoms with Crippen molar-refractivity contribution in [3.8, 4) is 0 Å². The van der Waals surface area contributed by atoms with E-state index in [4.69, 9.17) is 11.6 Å². The van der Waals surface area contributed by atoms with Crippen LogP contribution in [0.3, 0.4) is 0 Å². The molecule has 0 fully saturated rings. The Hall–Kier alpha value is -1.32. The summed E-state index contributed by atoms with van der Waals surface area (Å²) < 4.78 is 16.8. The molecule has 0 bridgehead atoms. The first-order chi connectivity index (χ1) is 8.25. The number of rotatable bonds is 3. The van der Waals surface area contributed by atoms with Crippen LogP contribution in [0.1, 0.15) is 5.56 Å². The van der Waals surface area contributed by atoms with Gasteiger partial charge in [-0.1, -0.05) is 35.9 Å². The van der Waals surface area contributed by atoms with Crippen LogP contribution in [0.2, 0.25) is 5.02 Å². The van der Waals surface area contributed by atoms with E-state index in [0.717, 1.165) is 10.5 Å². The number of halogens is 2. The van der Waals surface area contributed by atoms with E-state index in [0.29, 0.717) is 5.02 Å². The van der Waals surface area contributed by atoms with Crippen LogP contribution in [-0.4, -0.2) is 6.21 Å². The molecule has 1 nitrogen and oxygen atoms in total. The van der Waals surface area contributed by atoms with E-state index in [1.54, 1.807) is 18.3 Å². The molecule has 17 heavy (non-hydrogen) atoms. The lowest BCUT2D eigenvalue weighted by Gasteiger charge is -1.97. The number of benzene rings is 2. The first-order valence-corrected chi connectivity index (χ1v) is 6.11. The molecule has 0 aliphatic carbocycles. The Morgan fingerprint density at radius 2 is 1.76 bits per heavy atom. The minimum absolute atomic E-state index is 0.249. The van der Waals surface area contributed by atoms with Gasteiger partial charge >= 0.3 is 0 Å². The van der Waals surface area contributed by atoms with Gasteiger partial charge in [-0.05, 0) is 29.8 Å². The van der Waals surface area contributed by atoms with Crippen molar-refractivity contribution in [3.63, 3.8) is 0 Å². The Bertz CT molecular complexity index is 525. The van der Waals surface area contributed by atoms with Gasteiger partial charge in [0, 0.05) is 23.1 Å². The van der Waals surface area contributed by atoms with Crippen LogP contribution in [0, 0.1) is 5.82 Å². The predicted octanol–water partition coefficient (Wildman–Crippen LogP) is 4.61. The van der Waals surface area contributed by atoms with Crippen LogP contribution in [0.5, 0.6) is 0 Å². The second kappa shape index (κ2) is 5.84. The number of hydrogen-bond acceptors (Lipinski definition) is 2. The molecule has 0 spiro atoms. The summed E-state index contributed by atoms with van der Waals surface area (Å²) >= 11 is 7.27. The van der Waals surface area contributed by atoms with Gasteiger partial charge in [-0.25, -0.2) is 8.79 Å². The third kappa shape index (κ3) is 3.58. The number of nitrogens with zero attached hydrogens (tertiary/aromatic N) is 1.